The molecule has 1 aliphatic heterocycles. The van der Waals surface area contributed by atoms with Gasteiger partial charge in [0.05, 0.1) is 0 Å². The molecule has 0 unspecified atom stereocenters. The number of aryl methyl sites for hydroxylation is 2. The highest BCUT2D eigenvalue weighted by Gasteiger charge is 2.19. The minimum absolute atomic E-state index is 0.107. The number of hydrogen-bond acceptors (Lipinski definition) is 3. The number of nitrogens with one attached hydrogen (secondary N) is 2. The van der Waals surface area contributed by atoms with Crippen LogP contribution in [0.4, 0.5) is 10.5 Å². The fourth-order valence-electron chi connectivity index (χ4n) is 3.22. The number of carbonyl (C=O) groups excluding carboxylic acids is 1. The summed E-state index contributed by atoms with van der Waals surface area (Å²) in [6.07, 6.45) is 2.29. The van der Waals surface area contributed by atoms with Crippen LogP contribution < -0.4 is 10.6 Å². The molecule has 1 aromatic carbocycles. The van der Waals surface area contributed by atoms with Crippen LogP contribution in [0.5, 0.6) is 0 Å². The van der Waals surface area contributed by atoms with Crippen LogP contribution in [0.15, 0.2) is 35.0 Å². The predicted octanol–water partition coefficient (Wildman–Crippen LogP) is 4.40. The van der Waals surface area contributed by atoms with Crippen LogP contribution in [0.25, 0.3) is 0 Å². The lowest BCUT2D eigenvalue weighted by atomic mass is 9.96. The Morgan fingerprint density at radius 1 is 1.20 bits per heavy atom. The lowest BCUT2D eigenvalue weighted by Gasteiger charge is -2.31. The fourth-order valence-corrected chi connectivity index (χ4v) is 3.88. The van der Waals surface area contributed by atoms with Crippen molar-refractivity contribution in [2.75, 3.05) is 25.0 Å². The number of likely N-dealkylation sites (tertiary alicyclic amines) is 1. The summed E-state index contributed by atoms with van der Waals surface area (Å²) in [7, 11) is 0. The molecule has 2 aromatic rings. The van der Waals surface area contributed by atoms with Crippen LogP contribution in [-0.2, 0) is 6.54 Å². The molecule has 4 nitrogen and oxygen atoms in total. The molecular formula is C20H27N3OS. The Morgan fingerprint density at radius 3 is 2.68 bits per heavy atom. The van der Waals surface area contributed by atoms with Gasteiger partial charge in [0.2, 0.25) is 0 Å². The average Bonchev–Trinajstić information content (AvgIpc) is 3.11. The first-order valence-corrected chi connectivity index (χ1v) is 9.90. The molecule has 1 fully saturated rings. The van der Waals surface area contributed by atoms with Crippen molar-refractivity contribution < 1.29 is 4.79 Å². The molecule has 3 rings (SSSR count). The Bertz CT molecular complexity index is 691. The third-order valence-electron chi connectivity index (χ3n) is 5.01. The first kappa shape index (κ1) is 18.0. The summed E-state index contributed by atoms with van der Waals surface area (Å²) in [5, 5.41) is 10.3. The molecule has 0 atom stereocenters. The van der Waals surface area contributed by atoms with E-state index in [2.05, 4.69) is 46.2 Å². The van der Waals surface area contributed by atoms with Gasteiger partial charge in [-0.2, -0.15) is 11.3 Å². The number of hydrogen-bond donors (Lipinski definition) is 2. The van der Waals surface area contributed by atoms with Gasteiger partial charge in [-0.05, 0) is 91.3 Å². The van der Waals surface area contributed by atoms with Crippen LogP contribution in [0.2, 0.25) is 0 Å². The number of urea groups is 1. The number of nitrogens with zero attached hydrogens (tertiary/aromatic N) is 1. The van der Waals surface area contributed by atoms with Gasteiger partial charge in [0, 0.05) is 18.8 Å². The Morgan fingerprint density at radius 2 is 2.00 bits per heavy atom. The second-order valence-corrected chi connectivity index (χ2v) is 7.77. The average molecular weight is 358 g/mol. The number of piperidine rings is 1. The van der Waals surface area contributed by atoms with Gasteiger partial charge in [-0.25, -0.2) is 4.79 Å². The Hall–Kier alpha value is -1.85. The zero-order valence-electron chi connectivity index (χ0n) is 15.0. The van der Waals surface area contributed by atoms with Gasteiger partial charge in [0.15, 0.2) is 0 Å². The minimum atomic E-state index is -0.107. The van der Waals surface area contributed by atoms with Crippen molar-refractivity contribution in [1.29, 1.82) is 0 Å². The van der Waals surface area contributed by atoms with E-state index in [1.807, 2.05) is 18.2 Å². The number of anilines is 1. The van der Waals surface area contributed by atoms with E-state index in [0.717, 1.165) is 44.7 Å². The van der Waals surface area contributed by atoms with Gasteiger partial charge in [0.1, 0.15) is 0 Å². The third kappa shape index (κ3) is 5.31. The highest BCUT2D eigenvalue weighted by molar-refractivity contribution is 7.07. The number of thiophene rings is 1. The van der Waals surface area contributed by atoms with Crippen LogP contribution in [-0.4, -0.2) is 30.6 Å². The molecule has 0 bridgehead atoms. The van der Waals surface area contributed by atoms with Crippen LogP contribution in [0.1, 0.15) is 29.5 Å². The first-order chi connectivity index (χ1) is 12.1. The Balaban J connectivity index is 1.37. The van der Waals surface area contributed by atoms with E-state index in [1.54, 1.807) is 11.3 Å². The molecule has 1 aromatic heterocycles. The quantitative estimate of drug-likeness (QED) is 0.833. The SMILES string of the molecule is Cc1ccc(NC(=O)NCC2CCN(Cc3ccsc3)CC2)cc1C. The van der Waals surface area contributed by atoms with E-state index in [0.29, 0.717) is 5.92 Å². The van der Waals surface area contributed by atoms with Crippen molar-refractivity contribution >= 4 is 23.1 Å². The van der Waals surface area contributed by atoms with E-state index in [-0.39, 0.29) is 6.03 Å². The Labute approximate surface area is 154 Å². The topological polar surface area (TPSA) is 44.4 Å². The summed E-state index contributed by atoms with van der Waals surface area (Å²) in [5.74, 6) is 0.573. The number of rotatable bonds is 5. The maximum absolute atomic E-state index is 12.1. The number of amides is 2. The zero-order valence-corrected chi connectivity index (χ0v) is 15.9. The molecule has 2 amide bonds. The molecule has 0 spiro atoms. The van der Waals surface area contributed by atoms with E-state index < -0.39 is 0 Å². The summed E-state index contributed by atoms with van der Waals surface area (Å²) < 4.78 is 0. The van der Waals surface area contributed by atoms with E-state index >= 15 is 0 Å². The van der Waals surface area contributed by atoms with E-state index in [9.17, 15) is 4.79 Å². The van der Waals surface area contributed by atoms with Gasteiger partial charge in [0.25, 0.3) is 0 Å². The second-order valence-electron chi connectivity index (χ2n) is 6.99. The lowest BCUT2D eigenvalue weighted by Crippen LogP contribution is -2.39. The Kier molecular flexibility index (Phi) is 6.10. The van der Waals surface area contributed by atoms with Crippen molar-refractivity contribution in [3.63, 3.8) is 0 Å². The van der Waals surface area contributed by atoms with Crippen LogP contribution in [0.3, 0.4) is 0 Å². The molecule has 134 valence electrons. The van der Waals surface area contributed by atoms with Crippen molar-refractivity contribution in [2.24, 2.45) is 5.92 Å². The smallest absolute Gasteiger partial charge is 0.319 e. The van der Waals surface area contributed by atoms with Crippen molar-refractivity contribution in [2.45, 2.75) is 33.2 Å². The van der Waals surface area contributed by atoms with E-state index in [1.165, 1.54) is 16.7 Å². The highest BCUT2D eigenvalue weighted by Crippen LogP contribution is 2.19. The standard InChI is InChI=1S/C20H27N3OS/c1-15-3-4-19(11-16(15)2)22-20(24)21-12-17-5-8-23(9-6-17)13-18-7-10-25-14-18/h3-4,7,10-11,14,17H,5-6,8-9,12-13H2,1-2H3,(H2,21,22,24). The first-order valence-electron chi connectivity index (χ1n) is 8.95. The minimum Gasteiger partial charge on any atom is -0.338 e. The second kappa shape index (κ2) is 8.50. The lowest BCUT2D eigenvalue weighted by molar-refractivity contribution is 0.176. The summed E-state index contributed by atoms with van der Waals surface area (Å²) >= 11 is 1.76. The van der Waals surface area contributed by atoms with Gasteiger partial charge in [-0.1, -0.05) is 6.07 Å². The zero-order chi connectivity index (χ0) is 17.6. The fraction of sp³-hybridized carbons (Fsp3) is 0.450. The maximum Gasteiger partial charge on any atom is 0.319 e. The van der Waals surface area contributed by atoms with Gasteiger partial charge in [-0.15, -0.1) is 0 Å². The van der Waals surface area contributed by atoms with Gasteiger partial charge < -0.3 is 10.6 Å². The molecular weight excluding hydrogens is 330 g/mol. The molecule has 0 aliphatic carbocycles. The summed E-state index contributed by atoms with van der Waals surface area (Å²) in [4.78, 5) is 14.6. The van der Waals surface area contributed by atoms with Crippen molar-refractivity contribution in [3.05, 3.63) is 51.7 Å². The van der Waals surface area contributed by atoms with Crippen LogP contribution >= 0.6 is 11.3 Å². The maximum atomic E-state index is 12.1. The van der Waals surface area contributed by atoms with E-state index in [4.69, 9.17) is 0 Å². The molecule has 5 heteroatoms. The summed E-state index contributed by atoms with van der Waals surface area (Å²) in [6.45, 7) is 8.16. The molecule has 1 saturated heterocycles. The molecule has 2 heterocycles. The van der Waals surface area contributed by atoms with Crippen LogP contribution in [0, 0.1) is 19.8 Å². The largest absolute Gasteiger partial charge is 0.338 e. The normalized spacial score (nSPS) is 15.9. The molecule has 0 radical (unpaired) electrons. The number of carbonyl (C=O) groups is 1. The molecule has 2 N–H and O–H groups in total. The summed E-state index contributed by atoms with van der Waals surface area (Å²) in [6, 6.07) is 8.09. The highest BCUT2D eigenvalue weighted by atomic mass is 32.1. The van der Waals surface area contributed by atoms with Gasteiger partial charge >= 0.3 is 6.03 Å². The van der Waals surface area contributed by atoms with Crippen molar-refractivity contribution in [1.82, 2.24) is 10.2 Å². The van der Waals surface area contributed by atoms with Crippen molar-refractivity contribution in [3.8, 4) is 0 Å². The monoisotopic (exact) mass is 357 g/mol. The third-order valence-corrected chi connectivity index (χ3v) is 5.74. The predicted molar refractivity (Wildman–Crippen MR) is 105 cm³/mol. The molecule has 25 heavy (non-hydrogen) atoms. The molecule has 1 aliphatic rings. The number of benzene rings is 1. The van der Waals surface area contributed by atoms with Gasteiger partial charge in [-0.3, -0.25) is 4.90 Å². The summed E-state index contributed by atoms with van der Waals surface area (Å²) in [5.41, 5.74) is 4.69. The molecule has 0 saturated carbocycles.